The van der Waals surface area contributed by atoms with Gasteiger partial charge in [-0.1, -0.05) is 0 Å². The summed E-state index contributed by atoms with van der Waals surface area (Å²) >= 11 is 5.20. The first-order valence-electron chi connectivity index (χ1n) is 5.22. The Morgan fingerprint density at radius 1 is 1.47 bits per heavy atom. The first-order valence-corrected chi connectivity index (χ1v) is 6.89. The van der Waals surface area contributed by atoms with Gasteiger partial charge in [-0.15, -0.1) is 11.3 Å². The van der Waals surface area contributed by atoms with Crippen LogP contribution in [0.25, 0.3) is 0 Å². The lowest BCUT2D eigenvalue weighted by atomic mass is 10.2. The molecule has 2 rings (SSSR count). The first-order chi connectivity index (χ1) is 8.06. The Morgan fingerprint density at radius 3 is 2.82 bits per heavy atom. The van der Waals surface area contributed by atoms with E-state index >= 15 is 0 Å². The van der Waals surface area contributed by atoms with Crippen LogP contribution in [0, 0.1) is 6.92 Å². The van der Waals surface area contributed by atoms with Gasteiger partial charge in [0.2, 0.25) is 0 Å². The largest absolute Gasteiger partial charge is 0.397 e. The van der Waals surface area contributed by atoms with Crippen molar-refractivity contribution in [3.8, 4) is 0 Å². The van der Waals surface area contributed by atoms with E-state index in [9.17, 15) is 0 Å². The molecule has 0 aliphatic heterocycles. The van der Waals surface area contributed by atoms with Gasteiger partial charge < -0.3 is 10.6 Å². The van der Waals surface area contributed by atoms with E-state index in [2.05, 4.69) is 37.3 Å². The Kier molecular flexibility index (Phi) is 3.69. The quantitative estimate of drug-likeness (QED) is 0.944. The summed E-state index contributed by atoms with van der Waals surface area (Å²) in [5.41, 5.74) is 7.51. The van der Waals surface area contributed by atoms with Crippen LogP contribution in [0.1, 0.15) is 10.4 Å². The number of nitrogens with two attached hydrogens (primary N) is 1. The van der Waals surface area contributed by atoms with Crippen LogP contribution >= 0.6 is 27.3 Å². The molecule has 3 nitrogen and oxygen atoms in total. The van der Waals surface area contributed by atoms with Gasteiger partial charge in [0.15, 0.2) is 0 Å². The summed E-state index contributed by atoms with van der Waals surface area (Å²) < 4.78 is 1.13. The average molecular weight is 312 g/mol. The van der Waals surface area contributed by atoms with Crippen molar-refractivity contribution in [2.75, 3.05) is 17.7 Å². The Labute approximate surface area is 113 Å². The molecule has 2 N–H and O–H groups in total. The molecule has 0 unspecified atom stereocenters. The molecule has 0 fully saturated rings. The smallest absolute Gasteiger partial charge is 0.131 e. The average Bonchev–Trinajstić information content (AvgIpc) is 2.63. The number of aromatic nitrogens is 1. The van der Waals surface area contributed by atoms with Crippen LogP contribution in [0.4, 0.5) is 11.5 Å². The first kappa shape index (κ1) is 12.4. The minimum Gasteiger partial charge on any atom is -0.397 e. The zero-order chi connectivity index (χ0) is 12.4. The van der Waals surface area contributed by atoms with E-state index in [1.165, 1.54) is 4.88 Å². The number of hydrogen-bond acceptors (Lipinski definition) is 4. The molecule has 5 heteroatoms. The molecule has 0 saturated heterocycles. The maximum atomic E-state index is 5.70. The highest BCUT2D eigenvalue weighted by atomic mass is 79.9. The SMILES string of the molecule is Cc1cc(N)cnc1N(C)Cc1cc(Br)cs1. The molecule has 2 aromatic heterocycles. The zero-order valence-corrected chi connectivity index (χ0v) is 12.2. The molecular formula is C12H14BrN3S. The van der Waals surface area contributed by atoms with Gasteiger partial charge in [-0.3, -0.25) is 0 Å². The van der Waals surface area contributed by atoms with E-state index < -0.39 is 0 Å². The molecule has 0 saturated carbocycles. The van der Waals surface area contributed by atoms with Crippen LogP contribution in [0.3, 0.4) is 0 Å². The lowest BCUT2D eigenvalue weighted by Crippen LogP contribution is -2.18. The Balaban J connectivity index is 2.17. The summed E-state index contributed by atoms with van der Waals surface area (Å²) in [6.45, 7) is 2.88. The molecule has 2 aromatic rings. The molecule has 0 atom stereocenters. The normalized spacial score (nSPS) is 10.5. The van der Waals surface area contributed by atoms with Gasteiger partial charge in [0.25, 0.3) is 0 Å². The van der Waals surface area contributed by atoms with Crippen molar-refractivity contribution in [2.45, 2.75) is 13.5 Å². The summed E-state index contributed by atoms with van der Waals surface area (Å²) in [5, 5.41) is 2.09. The standard InChI is InChI=1S/C12H14BrN3S/c1-8-3-10(14)5-15-12(8)16(2)6-11-4-9(13)7-17-11/h3-5,7H,6,14H2,1-2H3. The third kappa shape index (κ3) is 2.98. The van der Waals surface area contributed by atoms with Crippen LogP contribution in [0.15, 0.2) is 28.2 Å². The van der Waals surface area contributed by atoms with E-state index in [4.69, 9.17) is 5.73 Å². The molecule has 2 heterocycles. The number of rotatable bonds is 3. The van der Waals surface area contributed by atoms with E-state index in [1.54, 1.807) is 17.5 Å². The zero-order valence-electron chi connectivity index (χ0n) is 9.77. The second kappa shape index (κ2) is 5.06. The van der Waals surface area contributed by atoms with Gasteiger partial charge in [0.1, 0.15) is 5.82 Å². The van der Waals surface area contributed by atoms with Crippen LogP contribution in [-0.4, -0.2) is 12.0 Å². The summed E-state index contributed by atoms with van der Waals surface area (Å²) in [6, 6.07) is 4.08. The fraction of sp³-hybridized carbons (Fsp3) is 0.250. The van der Waals surface area contributed by atoms with E-state index in [0.717, 1.165) is 22.4 Å². The van der Waals surface area contributed by atoms with Crippen molar-refractivity contribution in [2.24, 2.45) is 0 Å². The molecule has 0 aliphatic rings. The molecule has 0 spiro atoms. The van der Waals surface area contributed by atoms with Gasteiger partial charge in [-0.25, -0.2) is 4.98 Å². The summed E-state index contributed by atoms with van der Waals surface area (Å²) in [4.78, 5) is 7.81. The monoisotopic (exact) mass is 311 g/mol. The van der Waals surface area contributed by atoms with Crippen molar-refractivity contribution in [1.82, 2.24) is 4.98 Å². The third-order valence-corrected chi connectivity index (χ3v) is 4.13. The predicted molar refractivity (Wildman–Crippen MR) is 77.5 cm³/mol. The van der Waals surface area contributed by atoms with Crippen LogP contribution in [0.2, 0.25) is 0 Å². The van der Waals surface area contributed by atoms with Crippen molar-refractivity contribution in [3.63, 3.8) is 0 Å². The lowest BCUT2D eigenvalue weighted by molar-refractivity contribution is 0.905. The number of anilines is 2. The maximum Gasteiger partial charge on any atom is 0.131 e. The van der Waals surface area contributed by atoms with E-state index in [0.29, 0.717) is 5.69 Å². The van der Waals surface area contributed by atoms with E-state index in [-0.39, 0.29) is 0 Å². The second-order valence-electron chi connectivity index (χ2n) is 4.00. The van der Waals surface area contributed by atoms with Gasteiger partial charge >= 0.3 is 0 Å². The molecule has 0 amide bonds. The van der Waals surface area contributed by atoms with Crippen LogP contribution in [-0.2, 0) is 6.54 Å². The number of pyridine rings is 1. The minimum absolute atomic E-state index is 0.707. The molecule has 0 aromatic carbocycles. The highest BCUT2D eigenvalue weighted by Crippen LogP contribution is 2.24. The topological polar surface area (TPSA) is 42.1 Å². The van der Waals surface area contributed by atoms with Crippen LogP contribution < -0.4 is 10.6 Å². The Morgan fingerprint density at radius 2 is 2.24 bits per heavy atom. The Bertz CT molecular complexity index is 524. The molecule has 0 radical (unpaired) electrons. The number of nitrogen functional groups attached to an aromatic ring is 1. The summed E-state index contributed by atoms with van der Waals surface area (Å²) in [6.07, 6.45) is 1.70. The highest BCUT2D eigenvalue weighted by molar-refractivity contribution is 9.10. The van der Waals surface area contributed by atoms with Crippen LogP contribution in [0.5, 0.6) is 0 Å². The Hall–Kier alpha value is -1.07. The molecule has 0 aliphatic carbocycles. The van der Waals surface area contributed by atoms with Gasteiger partial charge in [-0.2, -0.15) is 0 Å². The van der Waals surface area contributed by atoms with Crippen molar-refractivity contribution < 1.29 is 0 Å². The maximum absolute atomic E-state index is 5.70. The predicted octanol–water partition coefficient (Wildman–Crippen LogP) is 3.43. The van der Waals surface area contributed by atoms with Gasteiger partial charge in [0.05, 0.1) is 18.4 Å². The van der Waals surface area contributed by atoms with Crippen molar-refractivity contribution in [1.29, 1.82) is 0 Å². The van der Waals surface area contributed by atoms with Crippen molar-refractivity contribution >= 4 is 38.8 Å². The number of hydrogen-bond donors (Lipinski definition) is 1. The second-order valence-corrected chi connectivity index (χ2v) is 5.91. The molecule has 17 heavy (non-hydrogen) atoms. The lowest BCUT2D eigenvalue weighted by Gasteiger charge is -2.19. The van der Waals surface area contributed by atoms with Gasteiger partial charge in [0, 0.05) is 21.8 Å². The fourth-order valence-electron chi connectivity index (χ4n) is 1.73. The molecular weight excluding hydrogens is 298 g/mol. The molecule has 90 valence electrons. The number of aryl methyl sites for hydroxylation is 1. The number of nitrogens with zero attached hydrogens (tertiary/aromatic N) is 2. The summed E-state index contributed by atoms with van der Waals surface area (Å²) in [5.74, 6) is 0.976. The highest BCUT2D eigenvalue weighted by Gasteiger charge is 2.08. The minimum atomic E-state index is 0.707. The molecule has 0 bridgehead atoms. The number of halogens is 1. The van der Waals surface area contributed by atoms with E-state index in [1.807, 2.05) is 20.0 Å². The van der Waals surface area contributed by atoms with Crippen molar-refractivity contribution in [3.05, 3.63) is 38.6 Å². The fourth-order valence-corrected chi connectivity index (χ4v) is 3.24. The van der Waals surface area contributed by atoms with Gasteiger partial charge in [-0.05, 0) is 40.5 Å². The summed E-state index contributed by atoms with van der Waals surface area (Å²) in [7, 11) is 2.04. The number of thiophene rings is 1. The third-order valence-electron chi connectivity index (χ3n) is 2.45.